The molecule has 0 radical (unpaired) electrons. The van der Waals surface area contributed by atoms with Crippen LogP contribution in [0.25, 0.3) is 0 Å². The molecule has 0 bridgehead atoms. The van der Waals surface area contributed by atoms with E-state index in [2.05, 4.69) is 4.98 Å². The number of thiophene rings is 1. The van der Waals surface area contributed by atoms with Crippen molar-refractivity contribution in [1.29, 1.82) is 0 Å². The van der Waals surface area contributed by atoms with Crippen LogP contribution in [-0.4, -0.2) is 17.9 Å². The average molecular weight is 225 g/mol. The third-order valence-electron chi connectivity index (χ3n) is 1.63. The molecule has 0 aliphatic carbocycles. The van der Waals surface area contributed by atoms with Gasteiger partial charge in [-0.25, -0.2) is 4.98 Å². The highest BCUT2D eigenvalue weighted by Crippen LogP contribution is 2.24. The third-order valence-corrected chi connectivity index (χ3v) is 3.45. The van der Waals surface area contributed by atoms with Gasteiger partial charge in [0.05, 0.1) is 23.1 Å². The standard InChI is InChI=1S/C9H7NO2S2/c1-12-9-10-5-7(14-9)8(11)6-3-2-4-13-6/h2-5H,1H3. The molecule has 14 heavy (non-hydrogen) atoms. The Morgan fingerprint density at radius 3 is 2.93 bits per heavy atom. The number of ether oxygens (including phenoxy) is 1. The monoisotopic (exact) mass is 225 g/mol. The minimum atomic E-state index is 0.0146. The number of nitrogens with zero attached hydrogens (tertiary/aromatic N) is 1. The lowest BCUT2D eigenvalue weighted by Crippen LogP contribution is -1.93. The summed E-state index contributed by atoms with van der Waals surface area (Å²) in [4.78, 5) is 17.1. The normalized spacial score (nSPS) is 10.1. The summed E-state index contributed by atoms with van der Waals surface area (Å²) in [5.41, 5.74) is 0. The van der Waals surface area contributed by atoms with Gasteiger partial charge < -0.3 is 4.74 Å². The molecule has 2 rings (SSSR count). The fourth-order valence-corrected chi connectivity index (χ4v) is 2.41. The number of methoxy groups -OCH3 is 1. The maximum Gasteiger partial charge on any atom is 0.273 e. The van der Waals surface area contributed by atoms with Crippen molar-refractivity contribution in [3.63, 3.8) is 0 Å². The zero-order valence-electron chi connectivity index (χ0n) is 7.39. The Labute approximate surface area is 89.0 Å². The topological polar surface area (TPSA) is 39.2 Å². The molecule has 0 saturated carbocycles. The van der Waals surface area contributed by atoms with Crippen LogP contribution in [-0.2, 0) is 0 Å². The van der Waals surface area contributed by atoms with Gasteiger partial charge in [-0.2, -0.15) is 0 Å². The minimum absolute atomic E-state index is 0.0146. The van der Waals surface area contributed by atoms with Gasteiger partial charge >= 0.3 is 0 Å². The maximum atomic E-state index is 11.8. The number of carbonyl (C=O) groups excluding carboxylic acids is 1. The van der Waals surface area contributed by atoms with Crippen molar-refractivity contribution in [2.45, 2.75) is 0 Å². The van der Waals surface area contributed by atoms with Crippen molar-refractivity contribution in [1.82, 2.24) is 4.98 Å². The van der Waals surface area contributed by atoms with Crippen molar-refractivity contribution in [3.8, 4) is 5.19 Å². The molecular weight excluding hydrogens is 218 g/mol. The molecule has 2 aromatic rings. The summed E-state index contributed by atoms with van der Waals surface area (Å²) in [6, 6.07) is 3.66. The molecule has 0 aliphatic rings. The van der Waals surface area contributed by atoms with E-state index < -0.39 is 0 Å². The summed E-state index contributed by atoms with van der Waals surface area (Å²) < 4.78 is 4.92. The number of aromatic nitrogens is 1. The zero-order valence-corrected chi connectivity index (χ0v) is 9.02. The molecule has 0 aromatic carbocycles. The van der Waals surface area contributed by atoms with E-state index >= 15 is 0 Å². The second-order valence-corrected chi connectivity index (χ2v) is 4.44. The summed E-state index contributed by atoms with van der Waals surface area (Å²) in [5, 5.41) is 2.40. The van der Waals surface area contributed by atoms with Crippen LogP contribution in [0.1, 0.15) is 14.5 Å². The molecule has 0 fully saturated rings. The van der Waals surface area contributed by atoms with Crippen molar-refractivity contribution in [2.75, 3.05) is 7.11 Å². The highest BCUT2D eigenvalue weighted by atomic mass is 32.1. The summed E-state index contributed by atoms with van der Waals surface area (Å²) >= 11 is 2.69. The van der Waals surface area contributed by atoms with Crippen molar-refractivity contribution < 1.29 is 9.53 Å². The lowest BCUT2D eigenvalue weighted by atomic mass is 10.3. The van der Waals surface area contributed by atoms with E-state index in [1.165, 1.54) is 29.8 Å². The molecule has 0 unspecified atom stereocenters. The summed E-state index contributed by atoms with van der Waals surface area (Å²) in [7, 11) is 1.54. The van der Waals surface area contributed by atoms with Gasteiger partial charge in [0.15, 0.2) is 0 Å². The van der Waals surface area contributed by atoms with Gasteiger partial charge in [-0.3, -0.25) is 4.79 Å². The van der Waals surface area contributed by atoms with Crippen molar-refractivity contribution >= 4 is 28.5 Å². The van der Waals surface area contributed by atoms with Crippen molar-refractivity contribution in [2.24, 2.45) is 0 Å². The second-order valence-electron chi connectivity index (χ2n) is 2.50. The first kappa shape index (κ1) is 9.36. The highest BCUT2D eigenvalue weighted by Gasteiger charge is 2.13. The largest absolute Gasteiger partial charge is 0.473 e. The summed E-state index contributed by atoms with van der Waals surface area (Å²) in [6.07, 6.45) is 1.55. The van der Waals surface area contributed by atoms with Gasteiger partial charge in [0.1, 0.15) is 0 Å². The van der Waals surface area contributed by atoms with E-state index in [0.29, 0.717) is 10.1 Å². The van der Waals surface area contributed by atoms with Gasteiger partial charge in [0, 0.05) is 0 Å². The van der Waals surface area contributed by atoms with Crippen LogP contribution in [0.5, 0.6) is 5.19 Å². The fourth-order valence-electron chi connectivity index (χ4n) is 0.987. The first-order chi connectivity index (χ1) is 6.81. The van der Waals surface area contributed by atoms with E-state index in [1.54, 1.807) is 12.3 Å². The van der Waals surface area contributed by atoms with Gasteiger partial charge in [0.25, 0.3) is 5.19 Å². The number of rotatable bonds is 3. The molecule has 2 aromatic heterocycles. The van der Waals surface area contributed by atoms with Crippen LogP contribution < -0.4 is 4.74 Å². The Kier molecular flexibility index (Phi) is 2.60. The highest BCUT2D eigenvalue weighted by molar-refractivity contribution is 7.17. The van der Waals surface area contributed by atoms with E-state index in [1.807, 2.05) is 11.4 Å². The molecule has 5 heteroatoms. The Balaban J connectivity index is 2.28. The first-order valence-corrected chi connectivity index (χ1v) is 5.59. The Bertz CT molecular complexity index is 433. The van der Waals surface area contributed by atoms with Gasteiger partial charge in [0.2, 0.25) is 5.78 Å². The molecule has 0 amide bonds. The second kappa shape index (κ2) is 3.89. The molecule has 2 heterocycles. The molecule has 0 aliphatic heterocycles. The van der Waals surface area contributed by atoms with Crippen LogP contribution in [0.4, 0.5) is 0 Å². The molecule has 0 saturated heterocycles. The van der Waals surface area contributed by atoms with Crippen molar-refractivity contribution in [3.05, 3.63) is 33.5 Å². The van der Waals surface area contributed by atoms with E-state index in [-0.39, 0.29) is 5.78 Å². The number of hydrogen-bond donors (Lipinski definition) is 0. The Morgan fingerprint density at radius 1 is 1.50 bits per heavy atom. The van der Waals surface area contributed by atoms with Crippen LogP contribution in [0, 0.1) is 0 Å². The van der Waals surface area contributed by atoms with Gasteiger partial charge in [-0.1, -0.05) is 17.4 Å². The maximum absolute atomic E-state index is 11.8. The molecule has 3 nitrogen and oxygen atoms in total. The van der Waals surface area contributed by atoms with E-state index in [9.17, 15) is 4.79 Å². The lowest BCUT2D eigenvalue weighted by molar-refractivity contribution is 0.104. The molecular formula is C9H7NO2S2. The summed E-state index contributed by atoms with van der Waals surface area (Å²) in [5.74, 6) is 0.0146. The van der Waals surface area contributed by atoms with Gasteiger partial charge in [-0.15, -0.1) is 11.3 Å². The quantitative estimate of drug-likeness (QED) is 0.753. The molecule has 0 spiro atoms. The fraction of sp³-hybridized carbons (Fsp3) is 0.111. The third kappa shape index (κ3) is 1.69. The number of hydrogen-bond acceptors (Lipinski definition) is 5. The molecule has 72 valence electrons. The average Bonchev–Trinajstić information content (AvgIpc) is 2.88. The first-order valence-electron chi connectivity index (χ1n) is 3.89. The van der Waals surface area contributed by atoms with E-state index in [4.69, 9.17) is 4.74 Å². The Hall–Kier alpha value is -1.20. The van der Waals surface area contributed by atoms with Crippen LogP contribution in [0.2, 0.25) is 0 Å². The van der Waals surface area contributed by atoms with Crippen LogP contribution in [0.3, 0.4) is 0 Å². The number of carbonyl (C=O) groups is 1. The van der Waals surface area contributed by atoms with E-state index in [0.717, 1.165) is 4.88 Å². The SMILES string of the molecule is COc1ncc(C(=O)c2cccs2)s1. The summed E-state index contributed by atoms with van der Waals surface area (Å²) in [6.45, 7) is 0. The van der Waals surface area contributed by atoms with Gasteiger partial charge in [-0.05, 0) is 11.4 Å². The smallest absolute Gasteiger partial charge is 0.273 e. The van der Waals surface area contributed by atoms with Crippen LogP contribution >= 0.6 is 22.7 Å². The molecule has 0 atom stereocenters. The lowest BCUT2D eigenvalue weighted by Gasteiger charge is -1.90. The Morgan fingerprint density at radius 2 is 2.36 bits per heavy atom. The van der Waals surface area contributed by atoms with Crippen LogP contribution in [0.15, 0.2) is 23.7 Å². The zero-order chi connectivity index (χ0) is 9.97. The number of ketones is 1. The predicted molar refractivity (Wildman–Crippen MR) is 56.4 cm³/mol. The molecule has 0 N–H and O–H groups in total. The minimum Gasteiger partial charge on any atom is -0.473 e. The predicted octanol–water partition coefficient (Wildman–Crippen LogP) is 2.44. The number of thiazole rings is 1.